The Morgan fingerprint density at radius 3 is 2.87 bits per heavy atom. The van der Waals surface area contributed by atoms with Crippen LogP contribution in [-0.2, 0) is 6.54 Å². The van der Waals surface area contributed by atoms with Crippen LogP contribution >= 0.6 is 15.9 Å². The minimum atomic E-state index is -0.407. The Morgan fingerprint density at radius 1 is 1.53 bits per heavy atom. The molecule has 0 amide bonds. The van der Waals surface area contributed by atoms with E-state index in [4.69, 9.17) is 10.5 Å². The van der Waals surface area contributed by atoms with Crippen LogP contribution in [0.25, 0.3) is 0 Å². The number of hydrogen-bond donors (Lipinski definition) is 2. The topological polar surface area (TPSA) is 55.5 Å². The van der Waals surface area contributed by atoms with Crippen molar-refractivity contribution in [2.75, 3.05) is 6.61 Å². The van der Waals surface area contributed by atoms with Crippen LogP contribution in [0.3, 0.4) is 0 Å². The number of aliphatic hydroxyl groups is 1. The van der Waals surface area contributed by atoms with E-state index in [-0.39, 0.29) is 0 Å². The molecule has 3 N–H and O–H groups in total. The van der Waals surface area contributed by atoms with Crippen molar-refractivity contribution in [3.63, 3.8) is 0 Å². The Morgan fingerprint density at radius 2 is 2.27 bits per heavy atom. The summed E-state index contributed by atoms with van der Waals surface area (Å²) >= 11 is 3.40. The van der Waals surface area contributed by atoms with Gasteiger partial charge in [-0.3, -0.25) is 0 Å². The smallest absolute Gasteiger partial charge is 0.119 e. The Hall–Kier alpha value is -0.580. The number of halogens is 1. The lowest BCUT2D eigenvalue weighted by Gasteiger charge is -2.11. The SMILES string of the molecule is CCC(O)COc1ccc(Br)c(CN)c1. The van der Waals surface area contributed by atoms with Gasteiger partial charge in [0.2, 0.25) is 0 Å². The van der Waals surface area contributed by atoms with E-state index < -0.39 is 6.10 Å². The standard InChI is InChI=1S/C11H16BrNO2/c1-2-9(14)7-15-10-3-4-11(12)8(5-10)6-13/h3-5,9,14H,2,6-7,13H2,1H3. The quantitative estimate of drug-likeness (QED) is 0.864. The summed E-state index contributed by atoms with van der Waals surface area (Å²) in [6.07, 6.45) is 0.287. The van der Waals surface area contributed by atoms with Crippen LogP contribution in [0.15, 0.2) is 22.7 Å². The summed E-state index contributed by atoms with van der Waals surface area (Å²) in [6, 6.07) is 5.63. The summed E-state index contributed by atoms with van der Waals surface area (Å²) in [5.41, 5.74) is 6.57. The molecule has 1 unspecified atom stereocenters. The van der Waals surface area contributed by atoms with Crippen molar-refractivity contribution in [1.29, 1.82) is 0 Å². The van der Waals surface area contributed by atoms with E-state index in [1.165, 1.54) is 0 Å². The second kappa shape index (κ2) is 6.10. The molecular weight excluding hydrogens is 258 g/mol. The highest BCUT2D eigenvalue weighted by atomic mass is 79.9. The first-order chi connectivity index (χ1) is 7.17. The fraction of sp³-hybridized carbons (Fsp3) is 0.455. The maximum absolute atomic E-state index is 9.34. The second-order valence-electron chi connectivity index (χ2n) is 3.33. The van der Waals surface area contributed by atoms with E-state index in [2.05, 4.69) is 15.9 Å². The van der Waals surface area contributed by atoms with Gasteiger partial charge in [-0.25, -0.2) is 0 Å². The summed E-state index contributed by atoms with van der Waals surface area (Å²) < 4.78 is 6.41. The second-order valence-corrected chi connectivity index (χ2v) is 4.18. The van der Waals surface area contributed by atoms with E-state index in [1.807, 2.05) is 25.1 Å². The molecule has 15 heavy (non-hydrogen) atoms. The van der Waals surface area contributed by atoms with E-state index in [9.17, 15) is 5.11 Å². The largest absolute Gasteiger partial charge is 0.491 e. The molecule has 4 heteroatoms. The van der Waals surface area contributed by atoms with Gasteiger partial charge in [0.05, 0.1) is 6.10 Å². The van der Waals surface area contributed by atoms with Crippen LogP contribution in [0.5, 0.6) is 5.75 Å². The van der Waals surface area contributed by atoms with Crippen LogP contribution in [0.4, 0.5) is 0 Å². The molecule has 0 fully saturated rings. The average Bonchev–Trinajstić information content (AvgIpc) is 2.27. The lowest BCUT2D eigenvalue weighted by atomic mass is 10.2. The maximum Gasteiger partial charge on any atom is 0.119 e. The van der Waals surface area contributed by atoms with Gasteiger partial charge in [0.25, 0.3) is 0 Å². The summed E-state index contributed by atoms with van der Waals surface area (Å²) in [6.45, 7) is 2.71. The van der Waals surface area contributed by atoms with Gasteiger partial charge in [-0.1, -0.05) is 22.9 Å². The average molecular weight is 274 g/mol. The third kappa shape index (κ3) is 3.81. The first kappa shape index (κ1) is 12.5. The first-order valence-electron chi connectivity index (χ1n) is 4.96. The predicted molar refractivity (Wildman–Crippen MR) is 63.8 cm³/mol. The van der Waals surface area contributed by atoms with Crippen molar-refractivity contribution in [3.8, 4) is 5.75 Å². The van der Waals surface area contributed by atoms with Gasteiger partial charge in [-0.15, -0.1) is 0 Å². The zero-order valence-corrected chi connectivity index (χ0v) is 10.3. The molecular formula is C11H16BrNO2. The molecule has 84 valence electrons. The minimum Gasteiger partial charge on any atom is -0.491 e. The molecule has 1 aromatic carbocycles. The normalized spacial score (nSPS) is 12.5. The van der Waals surface area contributed by atoms with Gasteiger partial charge in [-0.05, 0) is 30.2 Å². The predicted octanol–water partition coefficient (Wildman–Crippen LogP) is 2.06. The van der Waals surface area contributed by atoms with Crippen molar-refractivity contribution in [1.82, 2.24) is 0 Å². The van der Waals surface area contributed by atoms with Crippen LogP contribution in [0.2, 0.25) is 0 Å². The highest BCUT2D eigenvalue weighted by Gasteiger charge is 2.04. The molecule has 1 aromatic rings. The molecule has 0 aromatic heterocycles. The lowest BCUT2D eigenvalue weighted by Crippen LogP contribution is -2.16. The Balaban J connectivity index is 2.62. The van der Waals surface area contributed by atoms with Crippen LogP contribution in [0.1, 0.15) is 18.9 Å². The molecule has 0 heterocycles. The van der Waals surface area contributed by atoms with Gasteiger partial charge >= 0.3 is 0 Å². The van der Waals surface area contributed by atoms with Gasteiger partial charge in [0, 0.05) is 11.0 Å². The number of aliphatic hydroxyl groups excluding tert-OH is 1. The number of hydrogen-bond acceptors (Lipinski definition) is 3. The highest BCUT2D eigenvalue weighted by molar-refractivity contribution is 9.10. The Labute approximate surface area is 98.4 Å². The van der Waals surface area contributed by atoms with Crippen molar-refractivity contribution in [2.24, 2.45) is 5.73 Å². The van der Waals surface area contributed by atoms with Crippen LogP contribution in [0, 0.1) is 0 Å². The Kier molecular flexibility index (Phi) is 5.08. The van der Waals surface area contributed by atoms with Crippen LogP contribution in [-0.4, -0.2) is 17.8 Å². The van der Waals surface area contributed by atoms with Crippen molar-refractivity contribution in [3.05, 3.63) is 28.2 Å². The van der Waals surface area contributed by atoms with E-state index in [1.54, 1.807) is 0 Å². The Bertz CT molecular complexity index is 317. The van der Waals surface area contributed by atoms with E-state index >= 15 is 0 Å². The zero-order valence-electron chi connectivity index (χ0n) is 8.74. The third-order valence-corrected chi connectivity index (χ3v) is 2.92. The number of ether oxygens (including phenoxy) is 1. The van der Waals surface area contributed by atoms with Crippen molar-refractivity contribution >= 4 is 15.9 Å². The number of nitrogens with two attached hydrogens (primary N) is 1. The molecule has 0 aliphatic rings. The summed E-state index contributed by atoms with van der Waals surface area (Å²) in [7, 11) is 0. The van der Waals surface area contributed by atoms with E-state index in [0.717, 1.165) is 15.8 Å². The molecule has 0 bridgehead atoms. The fourth-order valence-electron chi connectivity index (χ4n) is 1.11. The molecule has 0 radical (unpaired) electrons. The first-order valence-corrected chi connectivity index (χ1v) is 5.76. The van der Waals surface area contributed by atoms with Gasteiger partial charge < -0.3 is 15.6 Å². The molecule has 0 aliphatic heterocycles. The summed E-state index contributed by atoms with van der Waals surface area (Å²) in [5, 5.41) is 9.34. The number of rotatable bonds is 5. The van der Waals surface area contributed by atoms with Crippen molar-refractivity contribution in [2.45, 2.75) is 26.0 Å². The van der Waals surface area contributed by atoms with Gasteiger partial charge in [-0.2, -0.15) is 0 Å². The molecule has 3 nitrogen and oxygen atoms in total. The third-order valence-electron chi connectivity index (χ3n) is 2.15. The monoisotopic (exact) mass is 273 g/mol. The van der Waals surface area contributed by atoms with Crippen molar-refractivity contribution < 1.29 is 9.84 Å². The lowest BCUT2D eigenvalue weighted by molar-refractivity contribution is 0.104. The van der Waals surface area contributed by atoms with Gasteiger partial charge in [0.1, 0.15) is 12.4 Å². The summed E-state index contributed by atoms with van der Waals surface area (Å²) in [4.78, 5) is 0. The molecule has 0 saturated carbocycles. The fourth-order valence-corrected chi connectivity index (χ4v) is 1.52. The maximum atomic E-state index is 9.34. The molecule has 1 atom stereocenters. The molecule has 0 aliphatic carbocycles. The van der Waals surface area contributed by atoms with E-state index in [0.29, 0.717) is 19.6 Å². The molecule has 1 rings (SSSR count). The highest BCUT2D eigenvalue weighted by Crippen LogP contribution is 2.22. The summed E-state index contributed by atoms with van der Waals surface area (Å²) in [5.74, 6) is 0.742. The molecule has 0 spiro atoms. The van der Waals surface area contributed by atoms with Crippen LogP contribution < -0.4 is 10.5 Å². The zero-order chi connectivity index (χ0) is 11.3. The number of benzene rings is 1. The molecule has 0 saturated heterocycles. The van der Waals surface area contributed by atoms with Gasteiger partial charge in [0.15, 0.2) is 0 Å². The minimum absolute atomic E-state index is 0.322.